The molecule has 25 heavy (non-hydrogen) atoms. The molecule has 0 fully saturated rings. The number of hydrogen-bond donors (Lipinski definition) is 0. The molecule has 3 aromatic heterocycles. The fourth-order valence-corrected chi connectivity index (χ4v) is 4.70. The van der Waals surface area contributed by atoms with Gasteiger partial charge in [0, 0.05) is 28.0 Å². The quantitative estimate of drug-likeness (QED) is 0.475. The number of hydrogen-bond acceptors (Lipinski definition) is 4. The summed E-state index contributed by atoms with van der Waals surface area (Å²) >= 11 is 1.80. The monoisotopic (exact) mass is 347 g/mol. The summed E-state index contributed by atoms with van der Waals surface area (Å²) in [4.78, 5) is 13.7. The molecular formula is C21H21N3S. The number of pyridine rings is 1. The van der Waals surface area contributed by atoms with Gasteiger partial charge in [-0.3, -0.25) is 4.98 Å². The van der Waals surface area contributed by atoms with Gasteiger partial charge in [0.15, 0.2) is 0 Å². The van der Waals surface area contributed by atoms with E-state index in [0.29, 0.717) is 5.92 Å². The van der Waals surface area contributed by atoms with Crippen LogP contribution in [0.15, 0.2) is 36.9 Å². The first kappa shape index (κ1) is 16.2. The molecule has 0 aliphatic heterocycles. The molecule has 4 heteroatoms. The predicted molar refractivity (Wildman–Crippen MR) is 106 cm³/mol. The van der Waals surface area contributed by atoms with E-state index >= 15 is 0 Å². The van der Waals surface area contributed by atoms with Gasteiger partial charge in [-0.25, -0.2) is 9.97 Å². The molecule has 4 aromatic rings. The average molecular weight is 347 g/mol. The highest BCUT2D eigenvalue weighted by molar-refractivity contribution is 7.26. The van der Waals surface area contributed by atoms with Gasteiger partial charge in [-0.1, -0.05) is 31.0 Å². The Labute approximate surface area is 151 Å². The minimum absolute atomic E-state index is 0.600. The molecule has 0 saturated carbocycles. The van der Waals surface area contributed by atoms with Gasteiger partial charge < -0.3 is 0 Å². The number of nitrogens with zero attached hydrogens (tertiary/aromatic N) is 3. The van der Waals surface area contributed by atoms with E-state index in [1.807, 2.05) is 12.4 Å². The van der Waals surface area contributed by atoms with Crippen molar-refractivity contribution < 1.29 is 0 Å². The number of fused-ring (bicyclic) bond motifs is 3. The van der Waals surface area contributed by atoms with Crippen LogP contribution >= 0.6 is 11.3 Å². The Balaban J connectivity index is 2.01. The highest BCUT2D eigenvalue weighted by Gasteiger charge is 2.16. The lowest BCUT2D eigenvalue weighted by atomic mass is 10.0. The lowest BCUT2D eigenvalue weighted by molar-refractivity contribution is 0.649. The lowest BCUT2D eigenvalue weighted by Gasteiger charge is -2.05. The van der Waals surface area contributed by atoms with Gasteiger partial charge in [0.2, 0.25) is 0 Å². The summed E-state index contributed by atoms with van der Waals surface area (Å²) in [6.07, 6.45) is 6.65. The van der Waals surface area contributed by atoms with Gasteiger partial charge in [-0.15, -0.1) is 11.3 Å². The molecular weight excluding hydrogens is 326 g/mol. The summed E-state index contributed by atoms with van der Waals surface area (Å²) in [5.74, 6) is 0.600. The minimum atomic E-state index is 0.600. The van der Waals surface area contributed by atoms with Crippen LogP contribution < -0.4 is 0 Å². The molecule has 0 atom stereocenters. The predicted octanol–water partition coefficient (Wildman–Crippen LogP) is 5.72. The second-order valence-electron chi connectivity index (χ2n) is 7.15. The molecule has 126 valence electrons. The summed E-state index contributed by atoms with van der Waals surface area (Å²) in [5.41, 5.74) is 7.02. The molecule has 0 aliphatic rings. The van der Waals surface area contributed by atoms with Crippen molar-refractivity contribution in [1.29, 1.82) is 0 Å². The van der Waals surface area contributed by atoms with Gasteiger partial charge in [-0.2, -0.15) is 0 Å². The van der Waals surface area contributed by atoms with Crippen LogP contribution in [0.3, 0.4) is 0 Å². The zero-order valence-corrected chi connectivity index (χ0v) is 15.8. The van der Waals surface area contributed by atoms with Crippen LogP contribution in [0.2, 0.25) is 0 Å². The highest BCUT2D eigenvalue weighted by atomic mass is 32.1. The molecule has 0 bridgehead atoms. The van der Waals surface area contributed by atoms with Crippen molar-refractivity contribution in [1.82, 2.24) is 15.0 Å². The summed E-state index contributed by atoms with van der Waals surface area (Å²) in [6, 6.07) is 6.59. The SMILES string of the molecule is Cc1cc(C)cc(-c2ncnc3c2sc2c(CC(C)C)cncc23)c1. The van der Waals surface area contributed by atoms with Crippen molar-refractivity contribution >= 4 is 31.6 Å². The zero-order chi connectivity index (χ0) is 17.6. The van der Waals surface area contributed by atoms with E-state index in [1.165, 1.54) is 21.4 Å². The van der Waals surface area contributed by atoms with E-state index in [0.717, 1.165) is 33.3 Å². The van der Waals surface area contributed by atoms with Crippen molar-refractivity contribution in [3.63, 3.8) is 0 Å². The van der Waals surface area contributed by atoms with Crippen molar-refractivity contribution in [3.8, 4) is 11.3 Å². The normalized spacial score (nSPS) is 11.7. The van der Waals surface area contributed by atoms with Crippen LogP contribution in [0.5, 0.6) is 0 Å². The lowest BCUT2D eigenvalue weighted by Crippen LogP contribution is -1.94. The Morgan fingerprint density at radius 3 is 2.44 bits per heavy atom. The number of benzene rings is 1. The second kappa shape index (κ2) is 6.19. The Hall–Kier alpha value is -2.33. The fourth-order valence-electron chi connectivity index (χ4n) is 3.45. The van der Waals surface area contributed by atoms with Crippen molar-refractivity contribution in [2.24, 2.45) is 5.92 Å². The molecule has 0 radical (unpaired) electrons. The average Bonchev–Trinajstić information content (AvgIpc) is 2.93. The van der Waals surface area contributed by atoms with Gasteiger partial charge >= 0.3 is 0 Å². The summed E-state index contributed by atoms with van der Waals surface area (Å²) < 4.78 is 2.45. The molecule has 3 heterocycles. The topological polar surface area (TPSA) is 38.7 Å². The Morgan fingerprint density at radius 2 is 1.72 bits per heavy atom. The Morgan fingerprint density at radius 1 is 0.960 bits per heavy atom. The fraction of sp³-hybridized carbons (Fsp3) is 0.286. The van der Waals surface area contributed by atoms with Crippen molar-refractivity contribution in [2.75, 3.05) is 0 Å². The minimum Gasteiger partial charge on any atom is -0.264 e. The van der Waals surface area contributed by atoms with E-state index in [-0.39, 0.29) is 0 Å². The number of aryl methyl sites for hydroxylation is 2. The van der Waals surface area contributed by atoms with Crippen molar-refractivity contribution in [3.05, 3.63) is 53.6 Å². The largest absolute Gasteiger partial charge is 0.264 e. The maximum Gasteiger partial charge on any atom is 0.116 e. The van der Waals surface area contributed by atoms with E-state index in [2.05, 4.69) is 60.8 Å². The van der Waals surface area contributed by atoms with Crippen LogP contribution in [-0.4, -0.2) is 15.0 Å². The third-order valence-electron chi connectivity index (χ3n) is 4.36. The highest BCUT2D eigenvalue weighted by Crippen LogP contribution is 2.39. The Kier molecular flexibility index (Phi) is 4.00. The first-order chi connectivity index (χ1) is 12.0. The smallest absolute Gasteiger partial charge is 0.116 e. The maximum absolute atomic E-state index is 4.62. The summed E-state index contributed by atoms with van der Waals surface area (Å²) in [7, 11) is 0. The molecule has 1 aromatic carbocycles. The van der Waals surface area contributed by atoms with Gasteiger partial charge in [-0.05, 0) is 43.9 Å². The molecule has 0 amide bonds. The summed E-state index contributed by atoms with van der Waals surface area (Å²) in [5, 5.41) is 1.14. The van der Waals surface area contributed by atoms with Crippen LogP contribution in [0, 0.1) is 19.8 Å². The van der Waals surface area contributed by atoms with E-state index in [1.54, 1.807) is 17.7 Å². The van der Waals surface area contributed by atoms with Crippen LogP contribution in [0.1, 0.15) is 30.5 Å². The molecule has 4 rings (SSSR count). The number of thiophene rings is 1. The molecule has 0 spiro atoms. The third kappa shape index (κ3) is 2.91. The van der Waals surface area contributed by atoms with E-state index < -0.39 is 0 Å². The van der Waals surface area contributed by atoms with E-state index in [9.17, 15) is 0 Å². The molecule has 3 nitrogen and oxygen atoms in total. The van der Waals surface area contributed by atoms with Crippen molar-refractivity contribution in [2.45, 2.75) is 34.1 Å². The molecule has 0 saturated heterocycles. The van der Waals surface area contributed by atoms with Crippen LogP contribution in [-0.2, 0) is 6.42 Å². The first-order valence-electron chi connectivity index (χ1n) is 8.61. The second-order valence-corrected chi connectivity index (χ2v) is 8.17. The van der Waals surface area contributed by atoms with Gasteiger partial charge in [0.05, 0.1) is 15.9 Å². The molecule has 0 unspecified atom stereocenters. The zero-order valence-electron chi connectivity index (χ0n) is 15.0. The first-order valence-corrected chi connectivity index (χ1v) is 9.43. The molecule has 0 N–H and O–H groups in total. The van der Waals surface area contributed by atoms with E-state index in [4.69, 9.17) is 0 Å². The summed E-state index contributed by atoms with van der Waals surface area (Å²) in [6.45, 7) is 8.74. The Bertz CT molecular complexity index is 1060. The molecule has 0 aliphatic carbocycles. The maximum atomic E-state index is 4.62. The van der Waals surface area contributed by atoms with Gasteiger partial charge in [0.1, 0.15) is 6.33 Å². The van der Waals surface area contributed by atoms with Gasteiger partial charge in [0.25, 0.3) is 0 Å². The third-order valence-corrected chi connectivity index (χ3v) is 5.63. The standard InChI is InChI=1S/C21H21N3S/c1-12(2)5-16-9-22-10-17-19-21(25-20(16)17)18(23-11-24-19)15-7-13(3)6-14(4)8-15/h6-12H,5H2,1-4H3. The van der Waals surface area contributed by atoms with Crippen LogP contribution in [0.4, 0.5) is 0 Å². The number of rotatable bonds is 3. The van der Waals surface area contributed by atoms with Crippen LogP contribution in [0.25, 0.3) is 31.6 Å². The number of aromatic nitrogens is 3.